The highest BCUT2D eigenvalue weighted by Crippen LogP contribution is 2.32. The van der Waals surface area contributed by atoms with Crippen LogP contribution in [0.2, 0.25) is 0 Å². The van der Waals surface area contributed by atoms with E-state index >= 15 is 0 Å². The molecule has 1 atom stereocenters. The first-order chi connectivity index (χ1) is 10.5. The molecular weight excluding hydrogens is 408 g/mol. The molecule has 112 valence electrons. The molecule has 0 aromatic heterocycles. The maximum atomic E-state index is 11.9. The number of hydrogen-bond acceptors (Lipinski definition) is 2. The van der Waals surface area contributed by atoms with Gasteiger partial charge >= 0.3 is 0 Å². The smallest absolute Gasteiger partial charge is 0.238 e. The molecule has 0 aliphatic carbocycles. The third-order valence-electron chi connectivity index (χ3n) is 3.55. The van der Waals surface area contributed by atoms with Gasteiger partial charge in [0.1, 0.15) is 0 Å². The second kappa shape index (κ2) is 6.26. The first-order valence-corrected chi connectivity index (χ1v) is 8.43. The Morgan fingerprint density at radius 3 is 2.09 bits per heavy atom. The molecule has 0 fully saturated rings. The monoisotopic (exact) mass is 420 g/mol. The molecule has 0 radical (unpaired) electrons. The van der Waals surface area contributed by atoms with Crippen LogP contribution in [0.1, 0.15) is 24.1 Å². The maximum Gasteiger partial charge on any atom is 0.238 e. The van der Waals surface area contributed by atoms with Crippen molar-refractivity contribution in [2.24, 2.45) is 0 Å². The van der Waals surface area contributed by atoms with Crippen LogP contribution in [-0.2, 0) is 4.79 Å². The molecule has 3 nitrogen and oxygen atoms in total. The second-order valence-electron chi connectivity index (χ2n) is 5.08. The lowest BCUT2D eigenvalue weighted by Gasteiger charge is -2.24. The molecule has 0 bridgehead atoms. The number of nitrogens with one attached hydrogen (secondary N) is 1. The number of hydrazine groups is 1. The van der Waals surface area contributed by atoms with Crippen LogP contribution in [0.5, 0.6) is 0 Å². The van der Waals surface area contributed by atoms with E-state index in [4.69, 9.17) is 0 Å². The molecule has 1 aliphatic heterocycles. The third kappa shape index (κ3) is 3.10. The molecule has 0 saturated carbocycles. The second-order valence-corrected chi connectivity index (χ2v) is 6.92. The highest BCUT2D eigenvalue weighted by molar-refractivity contribution is 9.10. The number of nitrogens with zero attached hydrogens (tertiary/aromatic N) is 1. The van der Waals surface area contributed by atoms with Crippen molar-refractivity contribution in [3.8, 4) is 0 Å². The van der Waals surface area contributed by atoms with E-state index in [1.807, 2.05) is 48.5 Å². The summed E-state index contributed by atoms with van der Waals surface area (Å²) in [5, 5.41) is 1.65. The zero-order chi connectivity index (χ0) is 15.7. The Kier molecular flexibility index (Phi) is 4.36. The summed E-state index contributed by atoms with van der Waals surface area (Å²) in [6, 6.07) is 15.9. The average molecular weight is 422 g/mol. The largest absolute Gasteiger partial charge is 0.295 e. The molecule has 2 aromatic carbocycles. The van der Waals surface area contributed by atoms with Gasteiger partial charge in [-0.15, -0.1) is 0 Å². The van der Waals surface area contributed by atoms with Crippen molar-refractivity contribution in [3.05, 3.63) is 74.7 Å². The first kappa shape index (κ1) is 15.3. The van der Waals surface area contributed by atoms with Crippen molar-refractivity contribution in [1.82, 2.24) is 10.4 Å². The van der Waals surface area contributed by atoms with Crippen LogP contribution < -0.4 is 5.43 Å². The number of benzene rings is 2. The summed E-state index contributed by atoms with van der Waals surface area (Å²) in [7, 11) is 0. The van der Waals surface area contributed by atoms with Gasteiger partial charge < -0.3 is 0 Å². The molecular formula is C17H14Br2N2O. The lowest BCUT2D eigenvalue weighted by Crippen LogP contribution is -2.37. The minimum absolute atomic E-state index is 0.0173. The van der Waals surface area contributed by atoms with Gasteiger partial charge in [0, 0.05) is 15.9 Å². The fourth-order valence-corrected chi connectivity index (χ4v) is 2.97. The topological polar surface area (TPSA) is 32.3 Å². The SMILES string of the molecule is CC(=O)N1NC(c2ccc(Br)cc2)=CC1c1ccc(Br)cc1. The summed E-state index contributed by atoms with van der Waals surface area (Å²) in [5.41, 5.74) is 6.27. The van der Waals surface area contributed by atoms with Gasteiger partial charge in [-0.2, -0.15) is 0 Å². The normalized spacial score (nSPS) is 17.1. The van der Waals surface area contributed by atoms with Gasteiger partial charge in [-0.3, -0.25) is 10.2 Å². The Bertz CT molecular complexity index is 723. The van der Waals surface area contributed by atoms with E-state index in [1.165, 1.54) is 0 Å². The van der Waals surface area contributed by atoms with E-state index in [0.717, 1.165) is 25.8 Å². The van der Waals surface area contributed by atoms with Crippen molar-refractivity contribution in [2.45, 2.75) is 13.0 Å². The standard InChI is InChI=1S/C17H14Br2N2O/c1-11(22)21-17(13-4-8-15(19)9-5-13)10-16(20-21)12-2-6-14(18)7-3-12/h2-10,17,20H,1H3. The van der Waals surface area contributed by atoms with Crippen molar-refractivity contribution < 1.29 is 4.79 Å². The average Bonchev–Trinajstić information content (AvgIpc) is 2.94. The van der Waals surface area contributed by atoms with E-state index in [-0.39, 0.29) is 11.9 Å². The predicted molar refractivity (Wildman–Crippen MR) is 94.7 cm³/mol. The zero-order valence-corrected chi connectivity index (χ0v) is 15.1. The molecule has 1 N–H and O–H groups in total. The van der Waals surface area contributed by atoms with E-state index in [1.54, 1.807) is 11.9 Å². The number of rotatable bonds is 2. The van der Waals surface area contributed by atoms with Gasteiger partial charge in [0.25, 0.3) is 0 Å². The molecule has 0 saturated heterocycles. The molecule has 2 aromatic rings. The Labute approximate surface area is 146 Å². The van der Waals surface area contributed by atoms with E-state index in [9.17, 15) is 4.79 Å². The Morgan fingerprint density at radius 1 is 1.00 bits per heavy atom. The van der Waals surface area contributed by atoms with Crippen molar-refractivity contribution in [3.63, 3.8) is 0 Å². The molecule has 5 heteroatoms. The van der Waals surface area contributed by atoms with Gasteiger partial charge in [-0.1, -0.05) is 56.1 Å². The van der Waals surface area contributed by atoms with Crippen LogP contribution in [-0.4, -0.2) is 10.9 Å². The summed E-state index contributed by atoms with van der Waals surface area (Å²) < 4.78 is 2.05. The first-order valence-electron chi connectivity index (χ1n) is 6.84. The van der Waals surface area contributed by atoms with Gasteiger partial charge in [0.05, 0.1) is 11.7 Å². The molecule has 22 heavy (non-hydrogen) atoms. The molecule has 1 amide bonds. The number of hydrogen-bond donors (Lipinski definition) is 1. The Balaban J connectivity index is 1.96. The minimum Gasteiger partial charge on any atom is -0.295 e. The Hall–Kier alpha value is -1.59. The van der Waals surface area contributed by atoms with Crippen LogP contribution in [0.4, 0.5) is 0 Å². The number of halogens is 2. The highest BCUT2D eigenvalue weighted by Gasteiger charge is 2.28. The number of carbonyl (C=O) groups excluding carboxylic acids is 1. The Morgan fingerprint density at radius 2 is 1.55 bits per heavy atom. The fourth-order valence-electron chi connectivity index (χ4n) is 2.44. The van der Waals surface area contributed by atoms with E-state index in [2.05, 4.69) is 43.4 Å². The van der Waals surface area contributed by atoms with Gasteiger partial charge in [0.15, 0.2) is 0 Å². The zero-order valence-electron chi connectivity index (χ0n) is 11.9. The van der Waals surface area contributed by atoms with Crippen molar-refractivity contribution in [1.29, 1.82) is 0 Å². The molecule has 1 aliphatic rings. The number of amides is 1. The summed E-state index contributed by atoms with van der Waals surface area (Å²) in [4.78, 5) is 11.9. The van der Waals surface area contributed by atoms with Crippen LogP contribution in [0, 0.1) is 0 Å². The number of carbonyl (C=O) groups is 1. The minimum atomic E-state index is -0.107. The molecule has 0 spiro atoms. The summed E-state index contributed by atoms with van der Waals surface area (Å²) in [5.74, 6) is -0.0173. The molecule has 3 rings (SSSR count). The van der Waals surface area contributed by atoms with Crippen LogP contribution in [0.25, 0.3) is 5.70 Å². The van der Waals surface area contributed by atoms with Crippen LogP contribution >= 0.6 is 31.9 Å². The van der Waals surface area contributed by atoms with Gasteiger partial charge in [-0.05, 0) is 41.5 Å². The summed E-state index contributed by atoms with van der Waals surface area (Å²) >= 11 is 6.87. The predicted octanol–water partition coefficient (Wildman–Crippen LogP) is 4.66. The summed E-state index contributed by atoms with van der Waals surface area (Å²) in [6.07, 6.45) is 2.08. The third-order valence-corrected chi connectivity index (χ3v) is 4.61. The fraction of sp³-hybridized carbons (Fsp3) is 0.118. The van der Waals surface area contributed by atoms with Gasteiger partial charge in [-0.25, -0.2) is 5.01 Å². The van der Waals surface area contributed by atoms with Crippen molar-refractivity contribution in [2.75, 3.05) is 0 Å². The molecule has 1 heterocycles. The van der Waals surface area contributed by atoms with Crippen LogP contribution in [0.15, 0.2) is 63.6 Å². The van der Waals surface area contributed by atoms with Crippen molar-refractivity contribution >= 4 is 43.5 Å². The highest BCUT2D eigenvalue weighted by atomic mass is 79.9. The molecule has 1 unspecified atom stereocenters. The van der Waals surface area contributed by atoms with Gasteiger partial charge in [0.2, 0.25) is 5.91 Å². The quantitative estimate of drug-likeness (QED) is 0.764. The summed E-state index contributed by atoms with van der Waals surface area (Å²) in [6.45, 7) is 1.57. The maximum absolute atomic E-state index is 11.9. The van der Waals surface area contributed by atoms with Crippen LogP contribution in [0.3, 0.4) is 0 Å². The lowest BCUT2D eigenvalue weighted by atomic mass is 10.0. The lowest BCUT2D eigenvalue weighted by molar-refractivity contribution is -0.132. The van der Waals surface area contributed by atoms with E-state index < -0.39 is 0 Å². The van der Waals surface area contributed by atoms with E-state index in [0.29, 0.717) is 0 Å².